The summed E-state index contributed by atoms with van der Waals surface area (Å²) in [6, 6.07) is 1.30. The number of nitrogens with one attached hydrogen (secondary N) is 1. The van der Waals surface area contributed by atoms with Gasteiger partial charge in [-0.3, -0.25) is 4.79 Å². The second-order valence-corrected chi connectivity index (χ2v) is 7.26. The predicted octanol–water partition coefficient (Wildman–Crippen LogP) is 4.04. The molecule has 0 atom stereocenters. The van der Waals surface area contributed by atoms with Crippen LogP contribution in [-0.2, 0) is 4.74 Å². The average molecular weight is 375 g/mol. The molecule has 0 radical (unpaired) electrons. The highest BCUT2D eigenvalue weighted by atomic mass is 19.1. The molecule has 1 saturated carbocycles. The number of carbonyl (C=O) groups excluding carboxylic acids is 1. The molecule has 0 aliphatic heterocycles. The van der Waals surface area contributed by atoms with Gasteiger partial charge in [-0.15, -0.1) is 0 Å². The molecular weight excluding hydrogens is 349 g/mol. The fourth-order valence-corrected chi connectivity index (χ4v) is 3.54. The maximum Gasteiger partial charge on any atom is 0.343 e. The first-order valence-corrected chi connectivity index (χ1v) is 9.61. The standard InChI is InChI=1S/C20H26FN3O3/c1-4-27-20(26)15-11-24(12(2)3)19-14(17(15)25)10-16(21)18(23-19)22-13-8-6-5-7-9-13/h10-13H,4-9H2,1-3H3,(H,22,23). The normalized spacial score (nSPS) is 15.3. The van der Waals surface area contributed by atoms with Crippen molar-refractivity contribution >= 4 is 22.8 Å². The smallest absolute Gasteiger partial charge is 0.343 e. The first-order valence-electron chi connectivity index (χ1n) is 9.61. The highest BCUT2D eigenvalue weighted by Crippen LogP contribution is 2.25. The largest absolute Gasteiger partial charge is 0.462 e. The van der Waals surface area contributed by atoms with Gasteiger partial charge < -0.3 is 14.6 Å². The molecule has 0 saturated heterocycles. The summed E-state index contributed by atoms with van der Waals surface area (Å²) in [5.74, 6) is -1.13. The van der Waals surface area contributed by atoms with Crippen molar-refractivity contribution in [3.05, 3.63) is 33.9 Å². The van der Waals surface area contributed by atoms with E-state index in [0.717, 1.165) is 25.7 Å². The molecule has 2 aromatic rings. The molecule has 1 aliphatic carbocycles. The lowest BCUT2D eigenvalue weighted by molar-refractivity contribution is 0.0524. The third-order valence-electron chi connectivity index (χ3n) is 4.96. The lowest BCUT2D eigenvalue weighted by Gasteiger charge is -2.24. The summed E-state index contributed by atoms with van der Waals surface area (Å²) in [6.07, 6.45) is 6.87. The molecule has 1 N–H and O–H groups in total. The SMILES string of the molecule is CCOC(=O)c1cn(C(C)C)c2nc(NC3CCCCC3)c(F)cc2c1=O. The summed E-state index contributed by atoms with van der Waals surface area (Å²) < 4.78 is 21.4. The monoisotopic (exact) mass is 375 g/mol. The summed E-state index contributed by atoms with van der Waals surface area (Å²) in [5, 5.41) is 3.28. The highest BCUT2D eigenvalue weighted by Gasteiger charge is 2.22. The Bertz CT molecular complexity index is 901. The number of rotatable bonds is 5. The number of hydrogen-bond donors (Lipinski definition) is 1. The number of ether oxygens (including phenoxy) is 1. The van der Waals surface area contributed by atoms with Crippen molar-refractivity contribution in [2.24, 2.45) is 0 Å². The van der Waals surface area contributed by atoms with Crippen LogP contribution in [0.5, 0.6) is 0 Å². The molecule has 7 heteroatoms. The van der Waals surface area contributed by atoms with Gasteiger partial charge in [0.25, 0.3) is 0 Å². The number of aromatic nitrogens is 2. The fraction of sp³-hybridized carbons (Fsp3) is 0.550. The zero-order valence-electron chi connectivity index (χ0n) is 16.0. The number of anilines is 1. The molecule has 1 fully saturated rings. The van der Waals surface area contributed by atoms with Gasteiger partial charge in [-0.2, -0.15) is 0 Å². The van der Waals surface area contributed by atoms with Crippen LogP contribution in [0.4, 0.5) is 10.2 Å². The number of carbonyl (C=O) groups is 1. The maximum absolute atomic E-state index is 14.7. The molecule has 1 aliphatic rings. The zero-order chi connectivity index (χ0) is 19.6. The van der Waals surface area contributed by atoms with Crippen molar-refractivity contribution < 1.29 is 13.9 Å². The van der Waals surface area contributed by atoms with Gasteiger partial charge in [-0.05, 0) is 39.7 Å². The molecule has 27 heavy (non-hydrogen) atoms. The second-order valence-electron chi connectivity index (χ2n) is 7.26. The number of halogens is 1. The molecule has 6 nitrogen and oxygen atoms in total. The van der Waals surface area contributed by atoms with Crippen molar-refractivity contribution in [3.63, 3.8) is 0 Å². The van der Waals surface area contributed by atoms with E-state index in [2.05, 4.69) is 10.3 Å². The summed E-state index contributed by atoms with van der Waals surface area (Å²) in [7, 11) is 0. The Balaban J connectivity index is 2.11. The van der Waals surface area contributed by atoms with Crippen molar-refractivity contribution in [2.75, 3.05) is 11.9 Å². The predicted molar refractivity (Wildman–Crippen MR) is 103 cm³/mol. The minimum atomic E-state index is -0.705. The van der Waals surface area contributed by atoms with E-state index < -0.39 is 17.2 Å². The summed E-state index contributed by atoms with van der Waals surface area (Å²) in [5.41, 5.74) is -0.300. The van der Waals surface area contributed by atoms with Crippen molar-refractivity contribution in [1.29, 1.82) is 0 Å². The minimum Gasteiger partial charge on any atom is -0.462 e. The number of esters is 1. The van der Waals surface area contributed by atoms with Crippen molar-refractivity contribution in [3.8, 4) is 0 Å². The zero-order valence-corrected chi connectivity index (χ0v) is 16.0. The van der Waals surface area contributed by atoms with Gasteiger partial charge in [-0.25, -0.2) is 14.2 Å². The molecule has 3 rings (SSSR count). The van der Waals surface area contributed by atoms with E-state index >= 15 is 0 Å². The highest BCUT2D eigenvalue weighted by molar-refractivity contribution is 5.93. The van der Waals surface area contributed by atoms with Crippen LogP contribution < -0.4 is 10.7 Å². The molecule has 2 heterocycles. The van der Waals surface area contributed by atoms with Gasteiger partial charge >= 0.3 is 5.97 Å². The lowest BCUT2D eigenvalue weighted by atomic mass is 9.95. The third-order valence-corrected chi connectivity index (χ3v) is 4.96. The summed E-state index contributed by atoms with van der Waals surface area (Å²) in [4.78, 5) is 29.3. The van der Waals surface area contributed by atoms with E-state index in [4.69, 9.17) is 4.74 Å². The van der Waals surface area contributed by atoms with Crippen LogP contribution in [-0.4, -0.2) is 28.2 Å². The Kier molecular flexibility index (Phi) is 5.77. The third kappa shape index (κ3) is 3.96. The Morgan fingerprint density at radius 1 is 1.37 bits per heavy atom. The molecule has 0 spiro atoms. The Morgan fingerprint density at radius 3 is 2.70 bits per heavy atom. The maximum atomic E-state index is 14.7. The topological polar surface area (TPSA) is 73.2 Å². The Labute approximate surface area is 157 Å². The van der Waals surface area contributed by atoms with Crippen LogP contribution >= 0.6 is 0 Å². The van der Waals surface area contributed by atoms with Gasteiger partial charge in [0.2, 0.25) is 5.43 Å². The van der Waals surface area contributed by atoms with Gasteiger partial charge in [0, 0.05) is 18.3 Å². The molecule has 0 bridgehead atoms. The van der Waals surface area contributed by atoms with E-state index in [-0.39, 0.29) is 35.5 Å². The molecule has 0 unspecified atom stereocenters. The Morgan fingerprint density at radius 2 is 2.07 bits per heavy atom. The quantitative estimate of drug-likeness (QED) is 0.799. The molecule has 0 amide bonds. The van der Waals surface area contributed by atoms with Crippen LogP contribution in [0.1, 0.15) is 69.3 Å². The van der Waals surface area contributed by atoms with Gasteiger partial charge in [0.05, 0.1) is 12.0 Å². The van der Waals surface area contributed by atoms with Gasteiger partial charge in [0.15, 0.2) is 11.6 Å². The van der Waals surface area contributed by atoms with Gasteiger partial charge in [-0.1, -0.05) is 19.3 Å². The molecule has 146 valence electrons. The first kappa shape index (κ1) is 19.3. The van der Waals surface area contributed by atoms with E-state index in [0.29, 0.717) is 5.65 Å². The van der Waals surface area contributed by atoms with Crippen LogP contribution in [0.25, 0.3) is 11.0 Å². The van der Waals surface area contributed by atoms with Crippen molar-refractivity contribution in [2.45, 2.75) is 65.0 Å². The lowest BCUT2D eigenvalue weighted by Crippen LogP contribution is -2.25. The van der Waals surface area contributed by atoms with Crippen LogP contribution in [0.3, 0.4) is 0 Å². The number of hydrogen-bond acceptors (Lipinski definition) is 5. The van der Waals surface area contributed by atoms with E-state index in [1.54, 1.807) is 11.5 Å². The molecular formula is C20H26FN3O3. The Hall–Kier alpha value is -2.44. The second kappa shape index (κ2) is 8.06. The number of pyridine rings is 2. The average Bonchev–Trinajstić information content (AvgIpc) is 2.64. The van der Waals surface area contributed by atoms with Crippen molar-refractivity contribution in [1.82, 2.24) is 9.55 Å². The number of nitrogens with zero attached hydrogens (tertiary/aromatic N) is 2. The van der Waals surface area contributed by atoms with E-state index in [9.17, 15) is 14.0 Å². The summed E-state index contributed by atoms with van der Waals surface area (Å²) in [6.45, 7) is 5.66. The first-order chi connectivity index (χ1) is 12.9. The van der Waals surface area contributed by atoms with Crippen LogP contribution in [0.15, 0.2) is 17.1 Å². The molecule has 2 aromatic heterocycles. The number of fused-ring (bicyclic) bond motifs is 1. The fourth-order valence-electron chi connectivity index (χ4n) is 3.54. The van der Waals surface area contributed by atoms with Gasteiger partial charge in [0.1, 0.15) is 11.2 Å². The molecule has 0 aromatic carbocycles. The van der Waals surface area contributed by atoms with Crippen LogP contribution in [0.2, 0.25) is 0 Å². The minimum absolute atomic E-state index is 0.0678. The summed E-state index contributed by atoms with van der Waals surface area (Å²) >= 11 is 0. The van der Waals surface area contributed by atoms with Crippen LogP contribution in [0, 0.1) is 5.82 Å². The van der Waals surface area contributed by atoms with E-state index in [1.807, 2.05) is 13.8 Å². The van der Waals surface area contributed by atoms with E-state index in [1.165, 1.54) is 18.7 Å².